The zero-order valence-corrected chi connectivity index (χ0v) is 10.0. The van der Waals surface area contributed by atoms with Crippen LogP contribution in [-0.2, 0) is 13.6 Å². The highest BCUT2D eigenvalue weighted by atomic mass is 79.9. The summed E-state index contributed by atoms with van der Waals surface area (Å²) in [6.07, 6.45) is 3.70. The van der Waals surface area contributed by atoms with Crippen molar-refractivity contribution in [2.24, 2.45) is 7.05 Å². The third-order valence-electron chi connectivity index (χ3n) is 2.16. The average molecular weight is 266 g/mol. The fourth-order valence-electron chi connectivity index (χ4n) is 1.36. The Morgan fingerprint density at radius 1 is 1.47 bits per heavy atom. The largest absolute Gasteiger partial charge is 0.352 e. The minimum absolute atomic E-state index is 0.782. The molecule has 1 aromatic carbocycles. The minimum atomic E-state index is 0.782. The van der Waals surface area contributed by atoms with Crippen molar-refractivity contribution in [2.45, 2.75) is 6.54 Å². The van der Waals surface area contributed by atoms with Crippen LogP contribution in [0, 0.1) is 0 Å². The molecule has 0 radical (unpaired) electrons. The van der Waals surface area contributed by atoms with Gasteiger partial charge in [0.15, 0.2) is 0 Å². The Hall–Kier alpha value is -1.29. The van der Waals surface area contributed by atoms with Gasteiger partial charge in [-0.1, -0.05) is 28.1 Å². The smallest absolute Gasteiger partial charge is 0.202 e. The first-order chi connectivity index (χ1) is 7.25. The van der Waals surface area contributed by atoms with E-state index in [-0.39, 0.29) is 0 Å². The fraction of sp³-hybridized carbons (Fsp3) is 0.182. The molecule has 78 valence electrons. The number of hydrogen-bond donors (Lipinski definition) is 1. The summed E-state index contributed by atoms with van der Waals surface area (Å²) in [5, 5.41) is 3.27. The molecule has 0 fully saturated rings. The second-order valence-electron chi connectivity index (χ2n) is 3.35. The normalized spacial score (nSPS) is 10.3. The molecule has 0 aliphatic heterocycles. The summed E-state index contributed by atoms with van der Waals surface area (Å²) < 4.78 is 3.06. The van der Waals surface area contributed by atoms with Crippen LogP contribution in [0.25, 0.3) is 0 Å². The molecule has 0 bridgehead atoms. The Labute approximate surface area is 97.3 Å². The summed E-state index contributed by atoms with van der Waals surface area (Å²) in [6, 6.07) is 8.22. The number of nitrogens with one attached hydrogen (secondary N) is 1. The summed E-state index contributed by atoms with van der Waals surface area (Å²) in [4.78, 5) is 4.19. The first kappa shape index (κ1) is 10.2. The Morgan fingerprint density at radius 3 is 3.00 bits per heavy atom. The van der Waals surface area contributed by atoms with Crippen LogP contribution in [0.2, 0.25) is 0 Å². The van der Waals surface area contributed by atoms with E-state index in [1.807, 2.05) is 29.9 Å². The average Bonchev–Trinajstić information content (AvgIpc) is 2.61. The van der Waals surface area contributed by atoms with Crippen molar-refractivity contribution < 1.29 is 0 Å². The molecular formula is C11H12BrN3. The molecule has 0 aliphatic rings. The number of halogens is 1. The SMILES string of the molecule is Cn1ccnc1NCc1cccc(Br)c1. The van der Waals surface area contributed by atoms with Gasteiger partial charge in [-0.05, 0) is 17.7 Å². The van der Waals surface area contributed by atoms with Gasteiger partial charge in [-0.15, -0.1) is 0 Å². The van der Waals surface area contributed by atoms with Gasteiger partial charge in [-0.25, -0.2) is 4.98 Å². The number of aromatic nitrogens is 2. The molecule has 1 aromatic heterocycles. The van der Waals surface area contributed by atoms with Crippen LogP contribution >= 0.6 is 15.9 Å². The first-order valence-corrected chi connectivity index (χ1v) is 5.50. The van der Waals surface area contributed by atoms with Gasteiger partial charge in [0.25, 0.3) is 0 Å². The maximum Gasteiger partial charge on any atom is 0.202 e. The number of aryl methyl sites for hydroxylation is 1. The maximum atomic E-state index is 4.19. The van der Waals surface area contributed by atoms with Gasteiger partial charge in [0.05, 0.1) is 0 Å². The molecule has 1 N–H and O–H groups in total. The standard InChI is InChI=1S/C11H12BrN3/c1-15-6-5-13-11(15)14-8-9-3-2-4-10(12)7-9/h2-7H,8H2,1H3,(H,13,14). The predicted molar refractivity (Wildman–Crippen MR) is 64.7 cm³/mol. The molecule has 0 saturated heterocycles. The van der Waals surface area contributed by atoms with E-state index in [0.29, 0.717) is 0 Å². The Morgan fingerprint density at radius 2 is 2.33 bits per heavy atom. The van der Waals surface area contributed by atoms with Crippen LogP contribution in [0.5, 0.6) is 0 Å². The highest BCUT2D eigenvalue weighted by Gasteiger charge is 1.98. The lowest BCUT2D eigenvalue weighted by Crippen LogP contribution is -2.04. The highest BCUT2D eigenvalue weighted by molar-refractivity contribution is 9.10. The van der Waals surface area contributed by atoms with Crippen molar-refractivity contribution in [3.8, 4) is 0 Å². The van der Waals surface area contributed by atoms with Gasteiger partial charge >= 0.3 is 0 Å². The number of nitrogens with zero attached hydrogens (tertiary/aromatic N) is 2. The summed E-state index contributed by atoms with van der Waals surface area (Å²) in [5.41, 5.74) is 1.23. The lowest BCUT2D eigenvalue weighted by atomic mass is 10.2. The predicted octanol–water partition coefficient (Wildman–Crippen LogP) is 2.79. The molecule has 0 atom stereocenters. The number of imidazole rings is 1. The number of anilines is 1. The molecule has 0 aliphatic carbocycles. The van der Waals surface area contributed by atoms with Crippen LogP contribution in [0.15, 0.2) is 41.1 Å². The topological polar surface area (TPSA) is 29.9 Å². The van der Waals surface area contributed by atoms with E-state index in [2.05, 4.69) is 38.4 Å². The van der Waals surface area contributed by atoms with Crippen LogP contribution in [0.4, 0.5) is 5.95 Å². The number of rotatable bonds is 3. The zero-order chi connectivity index (χ0) is 10.7. The number of benzene rings is 1. The van der Waals surface area contributed by atoms with E-state index in [4.69, 9.17) is 0 Å². The highest BCUT2D eigenvalue weighted by Crippen LogP contribution is 2.12. The van der Waals surface area contributed by atoms with Crippen molar-refractivity contribution in [1.82, 2.24) is 9.55 Å². The lowest BCUT2D eigenvalue weighted by molar-refractivity contribution is 0.900. The third kappa shape index (κ3) is 2.59. The van der Waals surface area contributed by atoms with Gasteiger partial charge in [-0.3, -0.25) is 0 Å². The van der Waals surface area contributed by atoms with Crippen molar-refractivity contribution in [3.05, 3.63) is 46.7 Å². The molecule has 1 heterocycles. The Balaban J connectivity index is 2.02. The Kier molecular flexibility index (Phi) is 3.06. The van der Waals surface area contributed by atoms with E-state index in [0.717, 1.165) is 17.0 Å². The van der Waals surface area contributed by atoms with Gasteiger partial charge < -0.3 is 9.88 Å². The van der Waals surface area contributed by atoms with Crippen molar-refractivity contribution in [1.29, 1.82) is 0 Å². The monoisotopic (exact) mass is 265 g/mol. The zero-order valence-electron chi connectivity index (χ0n) is 8.44. The molecular weight excluding hydrogens is 254 g/mol. The molecule has 0 spiro atoms. The quantitative estimate of drug-likeness (QED) is 0.925. The van der Waals surface area contributed by atoms with Crippen LogP contribution in [0.1, 0.15) is 5.56 Å². The second-order valence-corrected chi connectivity index (χ2v) is 4.26. The van der Waals surface area contributed by atoms with Crippen LogP contribution < -0.4 is 5.32 Å². The van der Waals surface area contributed by atoms with E-state index in [9.17, 15) is 0 Å². The fourth-order valence-corrected chi connectivity index (χ4v) is 1.81. The molecule has 3 nitrogen and oxygen atoms in total. The van der Waals surface area contributed by atoms with Gasteiger partial charge in [0.1, 0.15) is 0 Å². The van der Waals surface area contributed by atoms with Gasteiger partial charge in [0, 0.05) is 30.5 Å². The van der Waals surface area contributed by atoms with E-state index in [1.165, 1.54) is 5.56 Å². The Bertz CT molecular complexity index is 451. The van der Waals surface area contributed by atoms with Crippen molar-refractivity contribution >= 4 is 21.9 Å². The van der Waals surface area contributed by atoms with Crippen molar-refractivity contribution in [3.63, 3.8) is 0 Å². The van der Waals surface area contributed by atoms with E-state index >= 15 is 0 Å². The maximum absolute atomic E-state index is 4.19. The molecule has 2 aromatic rings. The van der Waals surface area contributed by atoms with E-state index < -0.39 is 0 Å². The molecule has 0 unspecified atom stereocenters. The third-order valence-corrected chi connectivity index (χ3v) is 2.65. The summed E-state index contributed by atoms with van der Waals surface area (Å²) in [7, 11) is 1.97. The van der Waals surface area contributed by atoms with Gasteiger partial charge in [-0.2, -0.15) is 0 Å². The van der Waals surface area contributed by atoms with Gasteiger partial charge in [0.2, 0.25) is 5.95 Å². The summed E-state index contributed by atoms with van der Waals surface area (Å²) >= 11 is 3.45. The molecule has 15 heavy (non-hydrogen) atoms. The molecule has 2 rings (SSSR count). The minimum Gasteiger partial charge on any atom is -0.352 e. The number of hydrogen-bond acceptors (Lipinski definition) is 2. The lowest BCUT2D eigenvalue weighted by Gasteiger charge is -2.06. The second kappa shape index (κ2) is 4.49. The van der Waals surface area contributed by atoms with Crippen LogP contribution in [0.3, 0.4) is 0 Å². The summed E-state index contributed by atoms with van der Waals surface area (Å²) in [5.74, 6) is 0.884. The van der Waals surface area contributed by atoms with Crippen molar-refractivity contribution in [2.75, 3.05) is 5.32 Å². The summed E-state index contributed by atoms with van der Waals surface area (Å²) in [6.45, 7) is 0.782. The van der Waals surface area contributed by atoms with E-state index in [1.54, 1.807) is 6.20 Å². The molecule has 0 saturated carbocycles. The molecule has 0 amide bonds. The first-order valence-electron chi connectivity index (χ1n) is 4.71. The van der Waals surface area contributed by atoms with Crippen LogP contribution in [-0.4, -0.2) is 9.55 Å². The molecule has 4 heteroatoms.